The number of hydrogen-bond donors (Lipinski definition) is 0. The molecule has 0 amide bonds. The molecule has 16 aromatic rings. The molecule has 4 heterocycles. The zero-order valence-electron chi connectivity index (χ0n) is 55.3. The van der Waals surface area contributed by atoms with Crippen LogP contribution in [-0.2, 0) is 10.8 Å². The molecule has 3 nitrogen and oxygen atoms in total. The highest BCUT2D eigenvalue weighted by Crippen LogP contribution is 2.53. The molecule has 5 heteroatoms. The van der Waals surface area contributed by atoms with Gasteiger partial charge in [-0.1, -0.05) is 277 Å². The number of para-hydroxylation sites is 2. The lowest BCUT2D eigenvalue weighted by Gasteiger charge is -2.42. The van der Waals surface area contributed by atoms with Crippen LogP contribution in [0, 0.1) is 0 Å². The van der Waals surface area contributed by atoms with E-state index in [9.17, 15) is 0 Å². The van der Waals surface area contributed by atoms with E-state index < -0.39 is 0 Å². The Kier molecular flexibility index (Phi) is 13.7. The summed E-state index contributed by atoms with van der Waals surface area (Å²) in [5.74, 6) is 0. The molecule has 0 saturated heterocycles. The number of rotatable bonds is 9. The van der Waals surface area contributed by atoms with Gasteiger partial charge < -0.3 is 14.0 Å². The topological polar surface area (TPSA) is 13.1 Å². The predicted molar refractivity (Wildman–Crippen MR) is 415 cm³/mol. The predicted octanol–water partition coefficient (Wildman–Crippen LogP) is 23.2. The molecule has 18 rings (SSSR count). The van der Waals surface area contributed by atoms with E-state index in [0.29, 0.717) is 0 Å². The first kappa shape index (κ1) is 58.5. The lowest BCUT2D eigenvalue weighted by Crippen LogP contribution is -2.60. The molecule has 0 bridgehead atoms. The third kappa shape index (κ3) is 9.81. The summed E-state index contributed by atoms with van der Waals surface area (Å²) in [6, 6.07) is 119. The molecule has 0 fully saturated rings. The van der Waals surface area contributed by atoms with Crippen LogP contribution < -0.4 is 21.3 Å². The van der Waals surface area contributed by atoms with Gasteiger partial charge in [-0.3, -0.25) is 0 Å². The number of anilines is 3. The minimum absolute atomic E-state index is 0.0377. The Morgan fingerprint density at radius 3 is 1.27 bits per heavy atom. The van der Waals surface area contributed by atoms with E-state index in [1.165, 1.54) is 131 Å². The van der Waals surface area contributed by atoms with Crippen LogP contribution in [0.3, 0.4) is 0 Å². The Balaban J connectivity index is 0.946. The molecule has 2 aliphatic heterocycles. The average molecular weight is 1260 g/mol. The Labute approximate surface area is 572 Å². The summed E-state index contributed by atoms with van der Waals surface area (Å²) in [6.45, 7) is 13.8. The summed E-state index contributed by atoms with van der Waals surface area (Å²) in [6.07, 6.45) is 0. The highest BCUT2D eigenvalue weighted by atomic mass is 32.2. The molecule has 0 radical (unpaired) electrons. The Bertz CT molecular complexity index is 5600. The van der Waals surface area contributed by atoms with E-state index in [2.05, 4.69) is 371 Å². The SMILES string of the molecule is CC(C)(C)c1ccc2c(c1)c1cc(C(C)(C)C)ccc1n2-c1ccc2c(c1)N(c1c(-c3ccccc3)cccc1-c1ccccc1)c1cc(-c3ccccc3)cc3c1B2c1ccc2c(c1S3)c1cc(-c3cc(-c4ccccc4)cc(-c4ccccc4)c3)ccc1n2-c1ccccc1. The zero-order valence-corrected chi connectivity index (χ0v) is 56.2. The number of hydrogen-bond acceptors (Lipinski definition) is 2. The lowest BCUT2D eigenvalue weighted by atomic mass is 9.34. The molecule has 97 heavy (non-hydrogen) atoms. The van der Waals surface area contributed by atoms with Crippen LogP contribution >= 0.6 is 11.8 Å². The van der Waals surface area contributed by atoms with E-state index in [4.69, 9.17) is 0 Å². The standard InChI is InChI=1S/C92H70BN3S/c1-91(2,3)69-41-47-80-75(56-69)76-57-70(92(4,5)6)42-48-81(76)95(80)72-43-44-78-84(58-72)96(89-73(62-32-19-10-20-33-62)38-25-39-74(89)63-34-21-11-22-35-63)85-54-68(61-30-17-9-18-31-61)55-86-88(85)93(78)79-45-49-83-87(90(79)97-86)77-53-64(40-46-82(77)94(83)71-36-23-12-24-37-71)67-51-65(59-26-13-7-14-27-59)50-66(52-67)60-28-15-8-16-29-60/h7-58H,1-6H3. The number of aromatic nitrogens is 2. The Morgan fingerprint density at radius 1 is 0.299 bits per heavy atom. The number of fused-ring (bicyclic) bond motifs is 11. The van der Waals surface area contributed by atoms with E-state index in [0.717, 1.165) is 45.0 Å². The van der Waals surface area contributed by atoms with Gasteiger partial charge in [0.15, 0.2) is 0 Å². The minimum Gasteiger partial charge on any atom is -0.310 e. The smallest absolute Gasteiger partial charge is 0.249 e. The maximum atomic E-state index is 2.68. The molecule has 0 spiro atoms. The van der Waals surface area contributed by atoms with E-state index >= 15 is 0 Å². The zero-order chi connectivity index (χ0) is 65.3. The van der Waals surface area contributed by atoms with Gasteiger partial charge in [0.25, 0.3) is 0 Å². The molecule has 2 aliphatic rings. The van der Waals surface area contributed by atoms with Crippen LogP contribution in [0.15, 0.2) is 325 Å². The van der Waals surface area contributed by atoms with Crippen molar-refractivity contribution in [2.24, 2.45) is 0 Å². The molecular weight excluding hydrogens is 1190 g/mol. The monoisotopic (exact) mass is 1260 g/mol. The van der Waals surface area contributed by atoms with Crippen LogP contribution in [0.25, 0.3) is 122 Å². The van der Waals surface area contributed by atoms with Gasteiger partial charge in [-0.25, -0.2) is 0 Å². The van der Waals surface area contributed by atoms with Crippen molar-refractivity contribution in [1.29, 1.82) is 0 Å². The second-order valence-electron chi connectivity index (χ2n) is 28.4. The first-order chi connectivity index (χ1) is 47.4. The molecule has 0 aliphatic carbocycles. The summed E-state index contributed by atoms with van der Waals surface area (Å²) in [4.78, 5) is 5.22. The van der Waals surface area contributed by atoms with Crippen molar-refractivity contribution < 1.29 is 0 Å². The first-order valence-corrected chi connectivity index (χ1v) is 34.8. The summed E-state index contributed by atoms with van der Waals surface area (Å²) >= 11 is 1.95. The largest absolute Gasteiger partial charge is 0.310 e. The van der Waals surface area contributed by atoms with E-state index in [-0.39, 0.29) is 17.5 Å². The second kappa shape index (κ2) is 22.8. The van der Waals surface area contributed by atoms with Gasteiger partial charge in [-0.2, -0.15) is 0 Å². The van der Waals surface area contributed by atoms with Crippen LogP contribution in [0.2, 0.25) is 0 Å². The Morgan fingerprint density at radius 2 is 0.742 bits per heavy atom. The molecule has 462 valence electrons. The van der Waals surface area contributed by atoms with Crippen LogP contribution in [0.5, 0.6) is 0 Å². The van der Waals surface area contributed by atoms with Gasteiger partial charge in [0.05, 0.1) is 27.8 Å². The maximum Gasteiger partial charge on any atom is 0.249 e. The summed E-state index contributed by atoms with van der Waals surface area (Å²) in [5.41, 5.74) is 31.1. The van der Waals surface area contributed by atoms with Crippen LogP contribution in [-0.4, -0.2) is 15.8 Å². The fourth-order valence-corrected chi connectivity index (χ4v) is 17.0. The molecule has 0 N–H and O–H groups in total. The summed E-state index contributed by atoms with van der Waals surface area (Å²) < 4.78 is 5.05. The van der Waals surface area contributed by atoms with Crippen molar-refractivity contribution in [3.63, 3.8) is 0 Å². The van der Waals surface area contributed by atoms with E-state index in [1.807, 2.05) is 11.8 Å². The fourth-order valence-electron chi connectivity index (χ4n) is 15.6. The lowest BCUT2D eigenvalue weighted by molar-refractivity contribution is 0.590. The molecule has 2 aromatic heterocycles. The van der Waals surface area contributed by atoms with Gasteiger partial charge in [-0.15, -0.1) is 0 Å². The van der Waals surface area contributed by atoms with Gasteiger partial charge in [-0.05, 0) is 186 Å². The van der Waals surface area contributed by atoms with Gasteiger partial charge >= 0.3 is 0 Å². The highest BCUT2D eigenvalue weighted by molar-refractivity contribution is 8.00. The van der Waals surface area contributed by atoms with Crippen molar-refractivity contribution in [1.82, 2.24) is 9.13 Å². The number of benzene rings is 14. The molecule has 0 saturated carbocycles. The summed E-state index contributed by atoms with van der Waals surface area (Å²) in [5, 5.41) is 5.03. The normalized spacial score (nSPS) is 12.8. The van der Waals surface area contributed by atoms with Crippen molar-refractivity contribution >= 4 is 95.5 Å². The number of nitrogens with zero attached hydrogens (tertiary/aromatic N) is 3. The van der Waals surface area contributed by atoms with E-state index in [1.54, 1.807) is 0 Å². The quantitative estimate of drug-likeness (QED) is 0.134. The third-order valence-electron chi connectivity index (χ3n) is 20.4. The van der Waals surface area contributed by atoms with Gasteiger partial charge in [0.1, 0.15) is 0 Å². The first-order valence-electron chi connectivity index (χ1n) is 34.0. The highest BCUT2D eigenvalue weighted by Gasteiger charge is 2.44. The molecular formula is C92H70BN3S. The van der Waals surface area contributed by atoms with Gasteiger partial charge in [0.2, 0.25) is 6.71 Å². The molecule has 0 unspecified atom stereocenters. The molecule has 0 atom stereocenters. The second-order valence-corrected chi connectivity index (χ2v) is 29.5. The van der Waals surface area contributed by atoms with Crippen molar-refractivity contribution in [3.05, 3.63) is 327 Å². The van der Waals surface area contributed by atoms with Crippen LogP contribution in [0.1, 0.15) is 52.7 Å². The third-order valence-corrected chi connectivity index (χ3v) is 21.6. The fraction of sp³-hybridized carbons (Fsp3) is 0.0870. The maximum absolute atomic E-state index is 2.68. The summed E-state index contributed by atoms with van der Waals surface area (Å²) in [7, 11) is 0. The average Bonchev–Trinajstić information content (AvgIpc) is 1.59. The Hall–Kier alpha value is -11.1. The minimum atomic E-state index is -0.143. The van der Waals surface area contributed by atoms with Crippen molar-refractivity contribution in [2.75, 3.05) is 4.90 Å². The van der Waals surface area contributed by atoms with Gasteiger partial charge in [0, 0.05) is 65.2 Å². The molecule has 14 aromatic carbocycles. The van der Waals surface area contributed by atoms with Crippen molar-refractivity contribution in [2.45, 2.75) is 62.2 Å². The van der Waals surface area contributed by atoms with Crippen molar-refractivity contribution in [3.8, 4) is 78.1 Å². The van der Waals surface area contributed by atoms with Crippen LogP contribution in [0.4, 0.5) is 17.1 Å².